The molecule has 0 heterocycles. The van der Waals surface area contributed by atoms with Crippen molar-refractivity contribution in [3.05, 3.63) is 69.8 Å². The number of ether oxygens (including phenoxy) is 3. The number of methoxy groups -OCH3 is 1. The van der Waals surface area contributed by atoms with Gasteiger partial charge in [0.15, 0.2) is 0 Å². The van der Waals surface area contributed by atoms with E-state index in [-0.39, 0.29) is 48.0 Å². The molecule has 0 spiro atoms. The largest absolute Gasteiger partial charge is 1.00 e. The molecule has 0 aliphatic heterocycles. The number of rotatable bonds is 4. The molecule has 2 aromatic rings. The summed E-state index contributed by atoms with van der Waals surface area (Å²) < 4.78 is 15.2. The Kier molecular flexibility index (Phi) is 13.3. The molecule has 230 valence electrons. The van der Waals surface area contributed by atoms with Crippen LogP contribution in [0.2, 0.25) is 0 Å². The Bertz CT molecular complexity index is 1320. The van der Waals surface area contributed by atoms with E-state index in [2.05, 4.69) is 10.6 Å². The average molecular weight is 593 g/mol. The first-order valence-electron chi connectivity index (χ1n) is 13.6. The Morgan fingerprint density at radius 3 is 1.51 bits per heavy atom. The molecule has 2 aliphatic carbocycles. The summed E-state index contributed by atoms with van der Waals surface area (Å²) in [7, 11) is 1.35. The monoisotopic (exact) mass is 592 g/mol. The van der Waals surface area contributed by atoms with E-state index in [0.29, 0.717) is 5.56 Å². The summed E-state index contributed by atoms with van der Waals surface area (Å²) in [5, 5.41) is 14.7. The molecule has 2 aromatic carbocycles. The number of carboxylic acids is 1. The summed E-state index contributed by atoms with van der Waals surface area (Å²) >= 11 is 0. The van der Waals surface area contributed by atoms with Gasteiger partial charge in [0.2, 0.25) is 0 Å². The number of hydrogen-bond donors (Lipinski definition) is 3. The van der Waals surface area contributed by atoms with E-state index < -0.39 is 29.4 Å². The second-order valence-electron chi connectivity index (χ2n) is 12.1. The maximum Gasteiger partial charge on any atom is 1.00 e. The van der Waals surface area contributed by atoms with Gasteiger partial charge in [-0.15, -0.1) is 0 Å². The van der Waals surface area contributed by atoms with Crippen molar-refractivity contribution in [2.24, 2.45) is 0 Å². The molecule has 2 unspecified atom stereocenters. The predicted octanol–water partition coefficient (Wildman–Crippen LogP) is 2.71. The molecule has 2 atom stereocenters. The number of aryl methyl sites for hydroxylation is 2. The number of carboxylic acid groups (broad SMARTS) is 1. The van der Waals surface area contributed by atoms with Gasteiger partial charge in [-0.05, 0) is 114 Å². The summed E-state index contributed by atoms with van der Waals surface area (Å²) in [5.74, 6) is -1.34. The molecule has 0 aromatic heterocycles. The zero-order valence-corrected chi connectivity index (χ0v) is 26.2. The van der Waals surface area contributed by atoms with Crippen LogP contribution in [0.5, 0.6) is 0 Å². The minimum Gasteiger partial charge on any atom is -0.870 e. The number of alkyl carbamates (subject to hydrolysis) is 2. The van der Waals surface area contributed by atoms with E-state index in [9.17, 15) is 19.2 Å². The summed E-state index contributed by atoms with van der Waals surface area (Å²) in [6, 6.07) is 10.2. The molecule has 11 nitrogen and oxygen atoms in total. The van der Waals surface area contributed by atoms with Gasteiger partial charge in [0.05, 0.1) is 30.3 Å². The van der Waals surface area contributed by atoms with Crippen LogP contribution in [0.15, 0.2) is 36.4 Å². The van der Waals surface area contributed by atoms with Gasteiger partial charge in [0.25, 0.3) is 0 Å². The van der Waals surface area contributed by atoms with Gasteiger partial charge in [-0.3, -0.25) is 0 Å². The fourth-order valence-corrected chi connectivity index (χ4v) is 4.78. The number of carbonyl (C=O) groups excluding carboxylic acids is 3. The zero-order chi connectivity index (χ0) is 30.5. The minimum absolute atomic E-state index is 0. The normalized spacial score (nSPS) is 16.4. The van der Waals surface area contributed by atoms with Gasteiger partial charge in [0.1, 0.15) is 11.2 Å². The van der Waals surface area contributed by atoms with Crippen molar-refractivity contribution in [3.8, 4) is 0 Å². The van der Waals surface area contributed by atoms with E-state index >= 15 is 0 Å². The molecular formula is C31H41LiN2O9. The van der Waals surface area contributed by atoms with E-state index in [1.807, 2.05) is 32.9 Å². The standard InChI is InChI=1S/C16H21NO4.C15H19NO4.Li.H2O/c1-16(2,3)21-15(19)17-13-8-7-10-5-6-11(9-12(10)13)14(18)20-4;1-15(2,3)20-14(19)16-12-7-6-9-4-5-10(13(17)18)8-11(9)12;;/h5-6,9,13H,7-8H2,1-4H3,(H,17,19);4-5,8,12H,6-7H2,1-3H3,(H,16,19)(H,17,18);;1H2/q;;+1;/p-1. The average Bonchev–Trinajstić information content (AvgIpc) is 3.44. The quantitative estimate of drug-likeness (QED) is 0.274. The van der Waals surface area contributed by atoms with Crippen LogP contribution < -0.4 is 29.5 Å². The van der Waals surface area contributed by atoms with Gasteiger partial charge < -0.3 is 35.4 Å². The Labute approximate surface area is 264 Å². The van der Waals surface area contributed by atoms with Crippen LogP contribution in [0.25, 0.3) is 0 Å². The summed E-state index contributed by atoms with van der Waals surface area (Å²) in [6.45, 7) is 10.9. The molecule has 4 rings (SSSR count). The SMILES string of the molecule is CC(C)(C)OC(=O)NC1CCc2ccc(C(=O)O)cc21.COC(=O)c1ccc2c(c1)C(NC(=O)OC(C)(C)C)CC2.[Li+].[OH-]. The van der Waals surface area contributed by atoms with E-state index in [1.54, 1.807) is 45.0 Å². The first kappa shape index (κ1) is 37.5. The molecule has 0 radical (unpaired) electrons. The molecule has 4 N–H and O–H groups in total. The molecule has 2 amide bonds. The van der Waals surface area contributed by atoms with Crippen molar-refractivity contribution in [1.82, 2.24) is 10.6 Å². The number of benzene rings is 2. The van der Waals surface area contributed by atoms with E-state index in [4.69, 9.17) is 19.3 Å². The first-order valence-corrected chi connectivity index (χ1v) is 13.6. The molecule has 43 heavy (non-hydrogen) atoms. The molecule has 0 saturated carbocycles. The number of fused-ring (bicyclic) bond motifs is 2. The van der Waals surface area contributed by atoms with Gasteiger partial charge in [-0.25, -0.2) is 19.2 Å². The molecule has 0 fully saturated rings. The molecule has 12 heteroatoms. The minimum atomic E-state index is -0.962. The molecular weight excluding hydrogens is 551 g/mol. The van der Waals surface area contributed by atoms with Crippen molar-refractivity contribution < 1.29 is 62.8 Å². The summed E-state index contributed by atoms with van der Waals surface area (Å²) in [6.07, 6.45) is 2.35. The fourth-order valence-electron chi connectivity index (χ4n) is 4.78. The number of amides is 2. The van der Waals surface area contributed by atoms with Crippen molar-refractivity contribution in [1.29, 1.82) is 0 Å². The van der Waals surface area contributed by atoms with Gasteiger partial charge in [0, 0.05) is 0 Å². The Morgan fingerprint density at radius 1 is 0.744 bits per heavy atom. The Balaban J connectivity index is 0.000000411. The number of nitrogens with one attached hydrogen (secondary N) is 2. The topological polar surface area (TPSA) is 170 Å². The predicted molar refractivity (Wildman–Crippen MR) is 154 cm³/mol. The van der Waals surface area contributed by atoms with Crippen LogP contribution >= 0.6 is 0 Å². The second kappa shape index (κ2) is 15.3. The van der Waals surface area contributed by atoms with Crippen LogP contribution in [0.4, 0.5) is 9.59 Å². The summed E-state index contributed by atoms with van der Waals surface area (Å²) in [5.41, 5.74) is 3.71. The van der Waals surface area contributed by atoms with E-state index in [0.717, 1.165) is 47.9 Å². The second-order valence-corrected chi connectivity index (χ2v) is 12.1. The third kappa shape index (κ3) is 10.9. The molecule has 0 saturated heterocycles. The van der Waals surface area contributed by atoms with Crippen LogP contribution in [-0.2, 0) is 27.1 Å². The van der Waals surface area contributed by atoms with Crippen LogP contribution in [0.3, 0.4) is 0 Å². The zero-order valence-electron chi connectivity index (χ0n) is 26.2. The number of aromatic carboxylic acids is 1. The maximum absolute atomic E-state index is 11.9. The number of esters is 1. The van der Waals surface area contributed by atoms with Crippen molar-refractivity contribution >= 4 is 24.1 Å². The van der Waals surface area contributed by atoms with Gasteiger partial charge in [-0.1, -0.05) is 12.1 Å². The van der Waals surface area contributed by atoms with Crippen molar-refractivity contribution in [2.75, 3.05) is 7.11 Å². The van der Waals surface area contributed by atoms with Crippen LogP contribution in [0.1, 0.15) is 109 Å². The van der Waals surface area contributed by atoms with Crippen LogP contribution in [0, 0.1) is 0 Å². The maximum atomic E-state index is 11.9. The van der Waals surface area contributed by atoms with Crippen molar-refractivity contribution in [2.45, 2.75) is 90.5 Å². The molecule has 0 bridgehead atoms. The summed E-state index contributed by atoms with van der Waals surface area (Å²) in [4.78, 5) is 46.3. The van der Waals surface area contributed by atoms with Gasteiger partial charge in [-0.2, -0.15) is 0 Å². The molecule has 2 aliphatic rings. The Hall–Kier alpha value is -3.52. The van der Waals surface area contributed by atoms with Gasteiger partial charge >= 0.3 is 43.0 Å². The van der Waals surface area contributed by atoms with Crippen molar-refractivity contribution in [3.63, 3.8) is 0 Å². The third-order valence-electron chi connectivity index (χ3n) is 6.50. The number of carbonyl (C=O) groups is 4. The fraction of sp³-hybridized carbons (Fsp3) is 0.484. The van der Waals surface area contributed by atoms with E-state index in [1.165, 1.54) is 7.11 Å². The smallest absolute Gasteiger partial charge is 0.870 e. The number of hydrogen-bond acceptors (Lipinski definition) is 8. The first-order chi connectivity index (χ1) is 19.1. The Morgan fingerprint density at radius 2 is 1.14 bits per heavy atom. The van der Waals surface area contributed by atoms with Crippen LogP contribution in [-0.4, -0.2) is 53.0 Å². The third-order valence-corrected chi connectivity index (χ3v) is 6.50.